The second kappa shape index (κ2) is 7.25. The molecule has 1 saturated heterocycles. The van der Waals surface area contributed by atoms with Gasteiger partial charge in [-0.1, -0.05) is 29.4 Å². The molecule has 0 N–H and O–H groups in total. The van der Waals surface area contributed by atoms with E-state index in [9.17, 15) is 12.8 Å². The molecule has 1 aliphatic heterocycles. The summed E-state index contributed by atoms with van der Waals surface area (Å²) in [5, 5.41) is 9.31. The molecule has 0 aliphatic carbocycles. The molecule has 2 unspecified atom stereocenters. The van der Waals surface area contributed by atoms with E-state index >= 15 is 0 Å². The van der Waals surface area contributed by atoms with Crippen LogP contribution in [0.15, 0.2) is 23.4 Å². The average Bonchev–Trinajstić information content (AvgIpc) is 3.06. The van der Waals surface area contributed by atoms with Crippen molar-refractivity contribution in [1.82, 2.24) is 14.8 Å². The Hall–Kier alpha value is -1.12. The Labute approximate surface area is 155 Å². The van der Waals surface area contributed by atoms with Crippen molar-refractivity contribution in [3.63, 3.8) is 0 Å². The first-order chi connectivity index (χ1) is 11.7. The zero-order valence-corrected chi connectivity index (χ0v) is 16.3. The number of hydrogen-bond donors (Lipinski definition) is 0. The van der Waals surface area contributed by atoms with Crippen LogP contribution in [0.1, 0.15) is 30.0 Å². The SMILES string of the molecule is CC(Sc1nnc(CC2CCS(=O)(=O)C2)n1C)c1ccc(F)c(Cl)c1. The van der Waals surface area contributed by atoms with Crippen LogP contribution >= 0.6 is 23.4 Å². The van der Waals surface area contributed by atoms with Crippen LogP contribution in [0, 0.1) is 11.7 Å². The molecule has 1 fully saturated rings. The van der Waals surface area contributed by atoms with Gasteiger partial charge in [-0.15, -0.1) is 10.2 Å². The summed E-state index contributed by atoms with van der Waals surface area (Å²) in [5.41, 5.74) is 0.905. The number of sulfone groups is 1. The molecule has 1 aromatic carbocycles. The molecule has 2 heterocycles. The highest BCUT2D eigenvalue weighted by molar-refractivity contribution is 7.99. The van der Waals surface area contributed by atoms with Gasteiger partial charge in [0.05, 0.1) is 16.5 Å². The van der Waals surface area contributed by atoms with Gasteiger partial charge < -0.3 is 4.57 Å². The third-order valence-electron chi connectivity index (χ3n) is 4.42. The van der Waals surface area contributed by atoms with Crippen LogP contribution in [-0.2, 0) is 23.3 Å². The third-order valence-corrected chi connectivity index (χ3v) is 7.74. The molecule has 0 bridgehead atoms. The van der Waals surface area contributed by atoms with Crippen LogP contribution in [-0.4, -0.2) is 34.7 Å². The molecule has 2 atom stereocenters. The lowest BCUT2D eigenvalue weighted by Gasteiger charge is -2.12. The van der Waals surface area contributed by atoms with E-state index in [2.05, 4.69) is 10.2 Å². The first kappa shape index (κ1) is 18.7. The molecule has 25 heavy (non-hydrogen) atoms. The summed E-state index contributed by atoms with van der Waals surface area (Å²) >= 11 is 7.35. The Morgan fingerprint density at radius 3 is 2.84 bits per heavy atom. The van der Waals surface area contributed by atoms with Gasteiger partial charge in [-0.2, -0.15) is 0 Å². The van der Waals surface area contributed by atoms with Crippen LogP contribution in [0.2, 0.25) is 5.02 Å². The standard InChI is InChI=1S/C16H19ClFN3O2S2/c1-10(12-3-4-14(18)13(17)8-12)24-16-20-19-15(21(16)2)7-11-5-6-25(22,23)9-11/h3-4,8,10-11H,5-7,9H2,1-2H3. The minimum absolute atomic E-state index is 0.0284. The molecule has 5 nitrogen and oxygen atoms in total. The first-order valence-corrected chi connectivity index (χ1v) is 11.0. The van der Waals surface area contributed by atoms with Gasteiger partial charge in [0.2, 0.25) is 0 Å². The smallest absolute Gasteiger partial charge is 0.191 e. The monoisotopic (exact) mass is 403 g/mol. The van der Waals surface area contributed by atoms with E-state index in [1.54, 1.807) is 12.1 Å². The molecule has 0 amide bonds. The van der Waals surface area contributed by atoms with Crippen molar-refractivity contribution in [3.05, 3.63) is 40.4 Å². The van der Waals surface area contributed by atoms with Gasteiger partial charge in [-0.05, 0) is 37.0 Å². The largest absolute Gasteiger partial charge is 0.309 e. The van der Waals surface area contributed by atoms with Gasteiger partial charge in [0, 0.05) is 18.7 Å². The molecule has 0 spiro atoms. The van der Waals surface area contributed by atoms with Crippen molar-refractivity contribution in [1.29, 1.82) is 0 Å². The van der Waals surface area contributed by atoms with E-state index in [1.165, 1.54) is 17.8 Å². The van der Waals surface area contributed by atoms with E-state index in [0.29, 0.717) is 12.8 Å². The van der Waals surface area contributed by atoms with E-state index in [-0.39, 0.29) is 27.7 Å². The summed E-state index contributed by atoms with van der Waals surface area (Å²) < 4.78 is 38.4. The molecule has 0 radical (unpaired) electrons. The average molecular weight is 404 g/mol. The minimum Gasteiger partial charge on any atom is -0.309 e. The Kier molecular flexibility index (Phi) is 5.41. The van der Waals surface area contributed by atoms with E-state index in [4.69, 9.17) is 11.6 Å². The van der Waals surface area contributed by atoms with Gasteiger partial charge in [-0.25, -0.2) is 12.8 Å². The molecule has 9 heteroatoms. The maximum absolute atomic E-state index is 13.3. The van der Waals surface area contributed by atoms with Crippen molar-refractivity contribution < 1.29 is 12.8 Å². The van der Waals surface area contributed by atoms with Gasteiger partial charge in [0.25, 0.3) is 0 Å². The van der Waals surface area contributed by atoms with Crippen LogP contribution in [0.5, 0.6) is 0 Å². The van der Waals surface area contributed by atoms with Crippen LogP contribution in [0.4, 0.5) is 4.39 Å². The lowest BCUT2D eigenvalue weighted by Crippen LogP contribution is -2.11. The Balaban J connectivity index is 1.69. The number of rotatable bonds is 5. The van der Waals surface area contributed by atoms with Gasteiger partial charge >= 0.3 is 0 Å². The number of thioether (sulfide) groups is 1. The highest BCUT2D eigenvalue weighted by atomic mass is 35.5. The molecule has 0 saturated carbocycles. The molecule has 3 rings (SSSR count). The quantitative estimate of drug-likeness (QED) is 0.715. The van der Waals surface area contributed by atoms with Crippen molar-refractivity contribution >= 4 is 33.2 Å². The van der Waals surface area contributed by atoms with Crippen LogP contribution < -0.4 is 0 Å². The predicted molar refractivity (Wildman–Crippen MR) is 97.1 cm³/mol. The fourth-order valence-corrected chi connectivity index (χ4v) is 5.91. The van der Waals surface area contributed by atoms with Crippen LogP contribution in [0.25, 0.3) is 0 Å². The molecule has 1 aromatic heterocycles. The van der Waals surface area contributed by atoms with Crippen molar-refractivity contribution in [2.75, 3.05) is 11.5 Å². The second-order valence-electron chi connectivity index (χ2n) is 6.36. The van der Waals surface area contributed by atoms with Crippen molar-refractivity contribution in [3.8, 4) is 0 Å². The molecule has 2 aromatic rings. The normalized spacial score (nSPS) is 20.7. The van der Waals surface area contributed by atoms with E-state index < -0.39 is 15.7 Å². The molecule has 136 valence electrons. The number of halogens is 2. The van der Waals surface area contributed by atoms with E-state index in [1.807, 2.05) is 18.5 Å². The maximum atomic E-state index is 13.3. The van der Waals surface area contributed by atoms with Gasteiger partial charge in [0.1, 0.15) is 11.6 Å². The summed E-state index contributed by atoms with van der Waals surface area (Å²) in [6.45, 7) is 1.99. The lowest BCUT2D eigenvalue weighted by molar-refractivity contribution is 0.552. The van der Waals surface area contributed by atoms with E-state index in [0.717, 1.165) is 16.5 Å². The van der Waals surface area contributed by atoms with Crippen molar-refractivity contribution in [2.24, 2.45) is 13.0 Å². The fraction of sp³-hybridized carbons (Fsp3) is 0.500. The van der Waals surface area contributed by atoms with Crippen LogP contribution in [0.3, 0.4) is 0 Å². The summed E-state index contributed by atoms with van der Waals surface area (Å²) in [6, 6.07) is 4.69. The number of nitrogens with zero attached hydrogens (tertiary/aromatic N) is 3. The fourth-order valence-electron chi connectivity index (χ4n) is 2.91. The highest BCUT2D eigenvalue weighted by Gasteiger charge is 2.29. The Morgan fingerprint density at radius 1 is 1.44 bits per heavy atom. The minimum atomic E-state index is -2.89. The lowest BCUT2D eigenvalue weighted by atomic mass is 10.1. The number of aromatic nitrogens is 3. The molecule has 1 aliphatic rings. The summed E-state index contributed by atoms with van der Waals surface area (Å²) in [4.78, 5) is 0. The Morgan fingerprint density at radius 2 is 2.20 bits per heavy atom. The second-order valence-corrected chi connectivity index (χ2v) is 10.3. The highest BCUT2D eigenvalue weighted by Crippen LogP contribution is 2.35. The summed E-state index contributed by atoms with van der Waals surface area (Å²) in [6.07, 6.45) is 1.29. The first-order valence-electron chi connectivity index (χ1n) is 7.95. The number of benzene rings is 1. The predicted octanol–water partition coefficient (Wildman–Crippen LogP) is 3.44. The summed E-state index contributed by atoms with van der Waals surface area (Å²) in [5.74, 6) is 0.954. The maximum Gasteiger partial charge on any atom is 0.191 e. The number of hydrogen-bond acceptors (Lipinski definition) is 5. The summed E-state index contributed by atoms with van der Waals surface area (Å²) in [7, 11) is -1.01. The van der Waals surface area contributed by atoms with Gasteiger partial charge in [0.15, 0.2) is 15.0 Å². The van der Waals surface area contributed by atoms with Crippen molar-refractivity contribution in [2.45, 2.75) is 30.2 Å². The third kappa shape index (κ3) is 4.35. The zero-order valence-electron chi connectivity index (χ0n) is 13.9. The Bertz CT molecular complexity index is 886. The molecular weight excluding hydrogens is 385 g/mol. The zero-order chi connectivity index (χ0) is 18.2. The molecular formula is C16H19ClFN3O2S2. The topological polar surface area (TPSA) is 64.8 Å². The van der Waals surface area contributed by atoms with Gasteiger partial charge in [-0.3, -0.25) is 0 Å².